The van der Waals surface area contributed by atoms with Crippen LogP contribution in [0.15, 0.2) is 77.3 Å². The van der Waals surface area contributed by atoms with Gasteiger partial charge in [0.1, 0.15) is 24.2 Å². The van der Waals surface area contributed by atoms with Crippen molar-refractivity contribution in [2.45, 2.75) is 38.5 Å². The first-order valence-electron chi connectivity index (χ1n) is 13.6. The number of ether oxygens (including phenoxy) is 1. The highest BCUT2D eigenvalue weighted by Crippen LogP contribution is 2.30. The fraction of sp³-hybridized carbons (Fsp3) is 0.267. The van der Waals surface area contributed by atoms with Gasteiger partial charge in [-0.25, -0.2) is 4.39 Å². The average molecular weight is 570 g/mol. The first-order valence-corrected chi connectivity index (χ1v) is 13.6. The Hall–Kier alpha value is -4.97. The normalized spacial score (nSPS) is 15.5. The van der Waals surface area contributed by atoms with E-state index in [1.165, 1.54) is 35.4 Å². The Kier molecular flexibility index (Phi) is 7.69. The SMILES string of the molecule is Cc1ccc(-c2nnn(CC(=O)N(c3cnc4ccccc4c3)[C@H](C(=O)NC[C@@H]3CCCO3)c3ccc(F)cc3)n2)o1. The number of anilines is 1. The van der Waals surface area contributed by atoms with E-state index in [1.54, 1.807) is 25.1 Å². The molecule has 0 unspecified atom stereocenters. The number of carbonyl (C=O) groups excluding carboxylic acids is 2. The highest BCUT2D eigenvalue weighted by Gasteiger charge is 2.34. The average Bonchev–Trinajstić information content (AvgIpc) is 3.78. The second-order valence-electron chi connectivity index (χ2n) is 10.0. The molecule has 4 heterocycles. The molecular formula is C30H28FN7O4. The van der Waals surface area contributed by atoms with Crippen molar-refractivity contribution < 1.29 is 23.1 Å². The Morgan fingerprint density at radius 3 is 2.74 bits per heavy atom. The molecule has 11 nitrogen and oxygen atoms in total. The van der Waals surface area contributed by atoms with Gasteiger partial charge in [-0.3, -0.25) is 19.5 Å². The number of tetrazole rings is 1. The summed E-state index contributed by atoms with van der Waals surface area (Å²) >= 11 is 0. The van der Waals surface area contributed by atoms with Crippen molar-refractivity contribution in [1.82, 2.24) is 30.5 Å². The molecular weight excluding hydrogens is 541 g/mol. The number of nitrogens with one attached hydrogen (secondary N) is 1. The predicted molar refractivity (Wildman–Crippen MR) is 151 cm³/mol. The van der Waals surface area contributed by atoms with Gasteiger partial charge >= 0.3 is 0 Å². The largest absolute Gasteiger partial charge is 0.458 e. The highest BCUT2D eigenvalue weighted by atomic mass is 19.1. The molecule has 6 rings (SSSR count). The Morgan fingerprint density at radius 1 is 1.14 bits per heavy atom. The van der Waals surface area contributed by atoms with Gasteiger partial charge in [-0.1, -0.05) is 30.3 Å². The van der Waals surface area contributed by atoms with Crippen molar-refractivity contribution in [2.75, 3.05) is 18.1 Å². The first kappa shape index (κ1) is 27.2. The van der Waals surface area contributed by atoms with Gasteiger partial charge in [-0.15, -0.1) is 10.2 Å². The maximum absolute atomic E-state index is 14.1. The molecule has 3 aromatic heterocycles. The number of aromatic nitrogens is 5. The van der Waals surface area contributed by atoms with Gasteiger partial charge in [0.15, 0.2) is 5.76 Å². The number of hydrogen-bond donors (Lipinski definition) is 1. The van der Waals surface area contributed by atoms with Crippen LogP contribution in [0.4, 0.5) is 10.1 Å². The van der Waals surface area contributed by atoms with Crippen molar-refractivity contribution in [2.24, 2.45) is 0 Å². The molecule has 0 radical (unpaired) electrons. The fourth-order valence-corrected chi connectivity index (χ4v) is 4.97. The number of halogens is 1. The smallest absolute Gasteiger partial charge is 0.251 e. The van der Waals surface area contributed by atoms with Gasteiger partial charge in [0.2, 0.25) is 11.7 Å². The summed E-state index contributed by atoms with van der Waals surface area (Å²) in [6.45, 7) is 2.38. The van der Waals surface area contributed by atoms with Crippen molar-refractivity contribution in [3.8, 4) is 11.6 Å². The fourth-order valence-electron chi connectivity index (χ4n) is 4.97. The van der Waals surface area contributed by atoms with Gasteiger partial charge in [-0.2, -0.15) is 4.80 Å². The van der Waals surface area contributed by atoms with E-state index in [4.69, 9.17) is 9.15 Å². The van der Waals surface area contributed by atoms with E-state index >= 15 is 0 Å². The Morgan fingerprint density at radius 2 is 1.98 bits per heavy atom. The van der Waals surface area contributed by atoms with Crippen LogP contribution in [0.3, 0.4) is 0 Å². The number of rotatable bonds is 9. The second kappa shape index (κ2) is 11.9. The minimum absolute atomic E-state index is 0.114. The summed E-state index contributed by atoms with van der Waals surface area (Å²) in [5.41, 5.74) is 1.52. The summed E-state index contributed by atoms with van der Waals surface area (Å²) in [6.07, 6.45) is 3.17. The standard InChI is InChI=1S/C30H28FN7O4/c1-19-8-13-26(42-19)29-34-36-37(35-29)18-27(39)38(23-15-21-5-2-3-7-25(21)32-16-23)28(20-9-11-22(31)12-10-20)30(40)33-17-24-6-4-14-41-24/h2-3,5,7-13,15-16,24,28H,4,6,14,17-18H2,1H3,(H,33,40)/t24-,28-/m0/s1. The lowest BCUT2D eigenvalue weighted by molar-refractivity contribution is -0.127. The van der Waals surface area contributed by atoms with Gasteiger partial charge in [0.05, 0.1) is 23.5 Å². The lowest BCUT2D eigenvalue weighted by atomic mass is 10.0. The van der Waals surface area contributed by atoms with Crippen LogP contribution in [0, 0.1) is 12.7 Å². The van der Waals surface area contributed by atoms with Crippen LogP contribution in [0.5, 0.6) is 0 Å². The molecule has 0 aliphatic carbocycles. The van der Waals surface area contributed by atoms with Crippen LogP contribution in [-0.2, 0) is 20.9 Å². The summed E-state index contributed by atoms with van der Waals surface area (Å²) in [4.78, 5) is 35.0. The van der Waals surface area contributed by atoms with Crippen molar-refractivity contribution >= 4 is 28.4 Å². The number of nitrogens with zero attached hydrogens (tertiary/aromatic N) is 6. The topological polar surface area (TPSA) is 128 Å². The Balaban J connectivity index is 1.38. The molecule has 1 aliphatic rings. The zero-order valence-electron chi connectivity index (χ0n) is 22.8. The van der Waals surface area contributed by atoms with E-state index < -0.39 is 23.7 Å². The molecule has 0 bridgehead atoms. The number of pyridine rings is 1. The van der Waals surface area contributed by atoms with E-state index in [-0.39, 0.29) is 25.0 Å². The van der Waals surface area contributed by atoms with E-state index in [1.807, 2.05) is 24.3 Å². The highest BCUT2D eigenvalue weighted by molar-refractivity contribution is 6.02. The summed E-state index contributed by atoms with van der Waals surface area (Å²) in [5.74, 6) is -0.0950. The molecule has 0 saturated carbocycles. The van der Waals surface area contributed by atoms with Crippen LogP contribution in [-0.4, -0.2) is 56.3 Å². The number of hydrogen-bond acceptors (Lipinski definition) is 8. The third kappa shape index (κ3) is 5.88. The quantitative estimate of drug-likeness (QED) is 0.282. The van der Waals surface area contributed by atoms with Crippen LogP contribution in [0.25, 0.3) is 22.5 Å². The lowest BCUT2D eigenvalue weighted by Crippen LogP contribution is -2.46. The van der Waals surface area contributed by atoms with E-state index in [0.717, 1.165) is 28.5 Å². The van der Waals surface area contributed by atoms with Gasteiger partial charge in [0, 0.05) is 18.5 Å². The Labute approximate surface area is 240 Å². The number of amides is 2. The van der Waals surface area contributed by atoms with E-state index in [2.05, 4.69) is 25.7 Å². The molecule has 2 amide bonds. The number of fused-ring (bicyclic) bond motifs is 1. The second-order valence-corrected chi connectivity index (χ2v) is 10.0. The summed E-state index contributed by atoms with van der Waals surface area (Å²) in [6, 6.07) is 17.1. The zero-order valence-corrected chi connectivity index (χ0v) is 22.8. The molecule has 5 aromatic rings. The molecule has 2 atom stereocenters. The monoisotopic (exact) mass is 569 g/mol. The third-order valence-corrected chi connectivity index (χ3v) is 7.03. The summed E-state index contributed by atoms with van der Waals surface area (Å²) < 4.78 is 25.2. The molecule has 0 spiro atoms. The van der Waals surface area contributed by atoms with Gasteiger partial charge < -0.3 is 14.5 Å². The first-order chi connectivity index (χ1) is 20.4. The molecule has 1 N–H and O–H groups in total. The number of furan rings is 1. The van der Waals surface area contributed by atoms with Crippen molar-refractivity contribution in [1.29, 1.82) is 0 Å². The Bertz CT molecular complexity index is 1710. The maximum atomic E-state index is 14.1. The molecule has 1 fully saturated rings. The molecule has 42 heavy (non-hydrogen) atoms. The third-order valence-electron chi connectivity index (χ3n) is 7.03. The molecule has 12 heteroatoms. The summed E-state index contributed by atoms with van der Waals surface area (Å²) in [5, 5.41) is 16.1. The minimum Gasteiger partial charge on any atom is -0.458 e. The van der Waals surface area contributed by atoms with Crippen LogP contribution < -0.4 is 10.2 Å². The van der Waals surface area contributed by atoms with Crippen LogP contribution in [0.1, 0.15) is 30.2 Å². The number of carbonyl (C=O) groups is 2. The molecule has 1 saturated heterocycles. The van der Waals surface area contributed by atoms with Crippen molar-refractivity contribution in [3.05, 3.63) is 90.1 Å². The zero-order chi connectivity index (χ0) is 29.1. The number of aryl methyl sites for hydroxylation is 1. The molecule has 214 valence electrons. The van der Waals surface area contributed by atoms with Gasteiger partial charge in [-0.05, 0) is 66.9 Å². The van der Waals surface area contributed by atoms with Gasteiger partial charge in [0.25, 0.3) is 5.91 Å². The van der Waals surface area contributed by atoms with E-state index in [0.29, 0.717) is 29.4 Å². The molecule has 2 aromatic carbocycles. The van der Waals surface area contributed by atoms with Crippen LogP contribution >= 0.6 is 0 Å². The lowest BCUT2D eigenvalue weighted by Gasteiger charge is -2.31. The predicted octanol–water partition coefficient (Wildman–Crippen LogP) is 4.00. The summed E-state index contributed by atoms with van der Waals surface area (Å²) in [7, 11) is 0. The number of para-hydroxylation sites is 1. The molecule has 1 aliphatic heterocycles. The maximum Gasteiger partial charge on any atom is 0.251 e. The van der Waals surface area contributed by atoms with Crippen LogP contribution in [0.2, 0.25) is 0 Å². The van der Waals surface area contributed by atoms with Crippen molar-refractivity contribution in [3.63, 3.8) is 0 Å². The van der Waals surface area contributed by atoms with E-state index in [9.17, 15) is 14.0 Å². The minimum atomic E-state index is -1.15. The number of benzene rings is 2.